The Morgan fingerprint density at radius 2 is 1.89 bits per heavy atom. The Bertz CT molecular complexity index is 923. The van der Waals surface area contributed by atoms with Crippen molar-refractivity contribution in [2.45, 2.75) is 44.6 Å². The van der Waals surface area contributed by atoms with Gasteiger partial charge < -0.3 is 15.0 Å². The fraction of sp³-hybridized carbons (Fsp3) is 0.364. The predicted octanol–water partition coefficient (Wildman–Crippen LogP) is 3.36. The molecule has 5 nitrogen and oxygen atoms in total. The van der Waals surface area contributed by atoms with Crippen molar-refractivity contribution in [3.63, 3.8) is 0 Å². The molecule has 0 radical (unpaired) electrons. The van der Waals surface area contributed by atoms with Crippen LogP contribution < -0.4 is 15.6 Å². The van der Waals surface area contributed by atoms with Crippen LogP contribution >= 0.6 is 0 Å². The summed E-state index contributed by atoms with van der Waals surface area (Å²) in [6.07, 6.45) is 5.54. The summed E-state index contributed by atoms with van der Waals surface area (Å²) in [5.41, 5.74) is 3.54. The number of H-pyrrole nitrogens is 1. The van der Waals surface area contributed by atoms with Crippen LogP contribution in [0.15, 0.2) is 47.3 Å². The molecule has 4 rings (SSSR count). The molecular weight excluding hydrogens is 340 g/mol. The average Bonchev–Trinajstić information content (AvgIpc) is 3.42. The van der Waals surface area contributed by atoms with Crippen molar-refractivity contribution >= 4 is 11.5 Å². The Morgan fingerprint density at radius 3 is 2.48 bits per heavy atom. The zero-order chi connectivity index (χ0) is 18.8. The number of pyridine rings is 1. The van der Waals surface area contributed by atoms with E-state index in [2.05, 4.69) is 10.3 Å². The Morgan fingerprint density at radius 1 is 1.11 bits per heavy atom. The number of carbonyl (C=O) groups excluding carboxylic acids is 1. The Labute approximate surface area is 158 Å². The minimum atomic E-state index is -0.0225. The van der Waals surface area contributed by atoms with Crippen LogP contribution in [-0.4, -0.2) is 23.5 Å². The van der Waals surface area contributed by atoms with Crippen LogP contribution in [0.3, 0.4) is 0 Å². The van der Waals surface area contributed by atoms with Gasteiger partial charge in [0.25, 0.3) is 5.56 Å². The average molecular weight is 364 g/mol. The zero-order valence-electron chi connectivity index (χ0n) is 15.5. The summed E-state index contributed by atoms with van der Waals surface area (Å²) in [6.45, 7) is 2.57. The topological polar surface area (TPSA) is 71.2 Å². The molecule has 1 aromatic carbocycles. The monoisotopic (exact) mass is 364 g/mol. The lowest BCUT2D eigenvalue weighted by Crippen LogP contribution is -2.23. The first-order valence-corrected chi connectivity index (χ1v) is 9.62. The molecule has 0 bridgehead atoms. The highest BCUT2D eigenvalue weighted by molar-refractivity contribution is 5.82. The van der Waals surface area contributed by atoms with E-state index in [1.54, 1.807) is 0 Å². The van der Waals surface area contributed by atoms with Gasteiger partial charge in [0.15, 0.2) is 0 Å². The maximum absolute atomic E-state index is 12.5. The van der Waals surface area contributed by atoms with E-state index in [4.69, 9.17) is 4.74 Å². The third-order valence-corrected chi connectivity index (χ3v) is 5.12. The molecule has 0 unspecified atom stereocenters. The number of hydrogen-bond donors (Lipinski definition) is 2. The molecule has 2 fully saturated rings. The van der Waals surface area contributed by atoms with Crippen LogP contribution in [0.4, 0.5) is 0 Å². The predicted molar refractivity (Wildman–Crippen MR) is 105 cm³/mol. The summed E-state index contributed by atoms with van der Waals surface area (Å²) in [6, 6.07) is 11.7. The van der Waals surface area contributed by atoms with E-state index in [1.807, 2.05) is 49.4 Å². The van der Waals surface area contributed by atoms with E-state index in [9.17, 15) is 9.59 Å². The first kappa shape index (κ1) is 17.6. The van der Waals surface area contributed by atoms with Gasteiger partial charge in [-0.05, 0) is 55.9 Å². The molecule has 140 valence electrons. The molecule has 1 saturated carbocycles. The normalized spacial score (nSPS) is 19.8. The van der Waals surface area contributed by atoms with Crippen LogP contribution in [0.1, 0.15) is 55.3 Å². The summed E-state index contributed by atoms with van der Waals surface area (Å²) >= 11 is 0. The van der Waals surface area contributed by atoms with Crippen LogP contribution in [-0.2, 0) is 4.79 Å². The highest BCUT2D eigenvalue weighted by Gasteiger charge is 2.26. The molecule has 0 spiro atoms. The van der Waals surface area contributed by atoms with Gasteiger partial charge in [-0.3, -0.25) is 9.59 Å². The number of ether oxygens (including phenoxy) is 1. The molecule has 27 heavy (non-hydrogen) atoms. The molecule has 1 aromatic heterocycles. The molecule has 1 aliphatic heterocycles. The van der Waals surface area contributed by atoms with E-state index in [-0.39, 0.29) is 17.5 Å². The van der Waals surface area contributed by atoms with Gasteiger partial charge in [-0.2, -0.15) is 0 Å². The van der Waals surface area contributed by atoms with E-state index in [1.165, 1.54) is 0 Å². The number of carbonyl (C=O) groups is 1. The maximum Gasteiger partial charge on any atom is 0.251 e. The molecule has 1 saturated heterocycles. The minimum Gasteiger partial charge on any atom is -0.494 e. The lowest BCUT2D eigenvalue weighted by atomic mass is 9.98. The largest absolute Gasteiger partial charge is 0.494 e. The number of aromatic amines is 1. The van der Waals surface area contributed by atoms with Gasteiger partial charge in [-0.25, -0.2) is 0 Å². The highest BCUT2D eigenvalue weighted by atomic mass is 16.5. The van der Waals surface area contributed by atoms with E-state index in [0.717, 1.165) is 47.4 Å². The van der Waals surface area contributed by atoms with E-state index < -0.39 is 0 Å². The Balaban J connectivity index is 1.71. The number of amides is 1. The molecule has 2 aromatic rings. The Hall–Kier alpha value is -2.82. The summed E-state index contributed by atoms with van der Waals surface area (Å²) in [5, 5.41) is 2.98. The van der Waals surface area contributed by atoms with Crippen molar-refractivity contribution in [1.82, 2.24) is 10.3 Å². The third kappa shape index (κ3) is 3.97. The number of benzene rings is 1. The van der Waals surface area contributed by atoms with Crippen molar-refractivity contribution in [2.75, 3.05) is 6.61 Å². The van der Waals surface area contributed by atoms with Crippen LogP contribution in [0.5, 0.6) is 5.75 Å². The smallest absolute Gasteiger partial charge is 0.251 e. The third-order valence-electron chi connectivity index (χ3n) is 5.12. The van der Waals surface area contributed by atoms with Gasteiger partial charge in [0, 0.05) is 29.3 Å². The number of rotatable bonds is 6. The fourth-order valence-corrected chi connectivity index (χ4v) is 3.56. The number of hydrogen-bond acceptors (Lipinski definition) is 3. The lowest BCUT2D eigenvalue weighted by Gasteiger charge is -2.13. The lowest BCUT2D eigenvalue weighted by molar-refractivity contribution is -0.119. The minimum absolute atomic E-state index is 0.0118. The molecule has 2 heterocycles. The van der Waals surface area contributed by atoms with Crippen molar-refractivity contribution < 1.29 is 9.53 Å². The molecular formula is C22H24N2O3. The fourth-order valence-electron chi connectivity index (χ4n) is 3.56. The second-order valence-electron chi connectivity index (χ2n) is 7.18. The standard InChI is InChI=1S/C22H24N2O3/c1-2-27-17-8-5-15(6-9-17)19(13-16-7-12-21(25)23-16)20-11-10-18(14-3-4-14)22(26)24-20/h5-6,8-11,13-14,16H,2-4,7,12H2,1H3,(H,23,25)(H,24,26)/b19-13-/t16-/m1/s1. The Kier molecular flexibility index (Phi) is 4.84. The molecule has 2 aliphatic rings. The molecule has 2 N–H and O–H groups in total. The maximum atomic E-state index is 12.5. The second kappa shape index (κ2) is 7.43. The van der Waals surface area contributed by atoms with Gasteiger partial charge in [0.05, 0.1) is 6.61 Å². The summed E-state index contributed by atoms with van der Waals surface area (Å²) < 4.78 is 5.53. The van der Waals surface area contributed by atoms with Crippen LogP contribution in [0.2, 0.25) is 0 Å². The van der Waals surface area contributed by atoms with Gasteiger partial charge in [0.2, 0.25) is 5.91 Å². The second-order valence-corrected chi connectivity index (χ2v) is 7.18. The van der Waals surface area contributed by atoms with Crippen molar-refractivity contribution in [3.05, 3.63) is 69.6 Å². The van der Waals surface area contributed by atoms with Crippen LogP contribution in [0, 0.1) is 0 Å². The quantitative estimate of drug-likeness (QED) is 0.826. The zero-order valence-corrected chi connectivity index (χ0v) is 15.5. The van der Waals surface area contributed by atoms with Crippen molar-refractivity contribution in [3.8, 4) is 5.75 Å². The molecule has 1 aliphatic carbocycles. The van der Waals surface area contributed by atoms with Crippen LogP contribution in [0.25, 0.3) is 5.57 Å². The number of aromatic nitrogens is 1. The van der Waals surface area contributed by atoms with Gasteiger partial charge in [-0.15, -0.1) is 0 Å². The molecule has 1 amide bonds. The van der Waals surface area contributed by atoms with Gasteiger partial charge in [0.1, 0.15) is 5.75 Å². The van der Waals surface area contributed by atoms with E-state index >= 15 is 0 Å². The SMILES string of the molecule is CCOc1ccc(/C(=C/[C@H]2CCC(=O)N2)c2ccc(C3CC3)c(=O)[nH]2)cc1. The summed E-state index contributed by atoms with van der Waals surface area (Å²) in [5.74, 6) is 1.29. The van der Waals surface area contributed by atoms with Crippen molar-refractivity contribution in [1.29, 1.82) is 0 Å². The first-order valence-electron chi connectivity index (χ1n) is 9.62. The summed E-state index contributed by atoms with van der Waals surface area (Å²) in [7, 11) is 0. The number of nitrogens with one attached hydrogen (secondary N) is 2. The first-order chi connectivity index (χ1) is 13.1. The van der Waals surface area contributed by atoms with E-state index in [0.29, 0.717) is 18.9 Å². The van der Waals surface area contributed by atoms with Crippen molar-refractivity contribution in [2.24, 2.45) is 0 Å². The highest BCUT2D eigenvalue weighted by Crippen LogP contribution is 2.38. The van der Waals surface area contributed by atoms with Gasteiger partial charge in [-0.1, -0.05) is 24.3 Å². The van der Waals surface area contributed by atoms with Gasteiger partial charge >= 0.3 is 0 Å². The molecule has 5 heteroatoms. The molecule has 1 atom stereocenters. The summed E-state index contributed by atoms with van der Waals surface area (Å²) in [4.78, 5) is 27.2.